The van der Waals surface area contributed by atoms with Gasteiger partial charge in [0.2, 0.25) is 5.71 Å². The lowest BCUT2D eigenvalue weighted by molar-refractivity contribution is -0.549. The van der Waals surface area contributed by atoms with Gasteiger partial charge in [0.05, 0.1) is 6.42 Å². The molecule has 0 bridgehead atoms. The normalized spacial score (nSPS) is 30.8. The lowest BCUT2D eigenvalue weighted by Gasteiger charge is -2.19. The molecule has 2 aliphatic rings. The standard InChI is InChI=1S/C14H24N2O2/c17-16(18)14-10-8-6-4-2-1-3-5-7-9-13(14)15-12-11-14/h1-12H2/p+1. The molecule has 0 aromatic rings. The topological polar surface area (TPSA) is 57.1 Å². The Morgan fingerprint density at radius 1 is 0.944 bits per heavy atom. The van der Waals surface area contributed by atoms with Crippen molar-refractivity contribution >= 4 is 5.71 Å². The number of nitro groups is 1. The van der Waals surface area contributed by atoms with Gasteiger partial charge in [0.25, 0.3) is 0 Å². The van der Waals surface area contributed by atoms with Crippen LogP contribution in [0.2, 0.25) is 0 Å². The zero-order valence-corrected chi connectivity index (χ0v) is 11.2. The molecule has 4 nitrogen and oxygen atoms in total. The number of hydrogen-bond acceptors (Lipinski definition) is 2. The van der Waals surface area contributed by atoms with E-state index in [0.29, 0.717) is 6.42 Å². The van der Waals surface area contributed by atoms with Crippen molar-refractivity contribution in [1.82, 2.24) is 0 Å². The van der Waals surface area contributed by atoms with E-state index < -0.39 is 5.54 Å². The lowest BCUT2D eigenvalue weighted by Crippen LogP contribution is -2.71. The van der Waals surface area contributed by atoms with E-state index in [9.17, 15) is 10.1 Å². The molecular formula is C14H25N2O2+. The minimum absolute atomic E-state index is 0.00585. The van der Waals surface area contributed by atoms with Crippen LogP contribution in [0.4, 0.5) is 0 Å². The number of nitrogens with one attached hydrogen (secondary N) is 1. The third-order valence-electron chi connectivity index (χ3n) is 4.56. The zero-order chi connectivity index (χ0) is 12.8. The number of hydrogen-bond donors (Lipinski definition) is 1. The lowest BCUT2D eigenvalue weighted by atomic mass is 9.84. The summed E-state index contributed by atoms with van der Waals surface area (Å²) in [6.45, 7) is 0.788. The van der Waals surface area contributed by atoms with E-state index in [1.165, 1.54) is 32.1 Å². The third kappa shape index (κ3) is 2.90. The van der Waals surface area contributed by atoms with Crippen LogP contribution in [-0.2, 0) is 0 Å². The van der Waals surface area contributed by atoms with Gasteiger partial charge in [-0.15, -0.1) is 0 Å². The van der Waals surface area contributed by atoms with Crippen LogP contribution in [0.15, 0.2) is 0 Å². The summed E-state index contributed by atoms with van der Waals surface area (Å²) in [5, 5.41) is 11.5. The van der Waals surface area contributed by atoms with E-state index in [2.05, 4.69) is 4.99 Å². The van der Waals surface area contributed by atoms with Gasteiger partial charge in [-0.1, -0.05) is 38.5 Å². The molecule has 18 heavy (non-hydrogen) atoms. The summed E-state index contributed by atoms with van der Waals surface area (Å²) >= 11 is 0. The summed E-state index contributed by atoms with van der Waals surface area (Å²) in [6, 6.07) is 0. The molecule has 1 aliphatic carbocycles. The highest BCUT2D eigenvalue weighted by atomic mass is 16.6. The number of fused-ring (bicyclic) bond motifs is 1. The second-order valence-electron chi connectivity index (χ2n) is 5.77. The summed E-state index contributed by atoms with van der Waals surface area (Å²) < 4.78 is 0. The molecule has 1 aliphatic heterocycles. The van der Waals surface area contributed by atoms with Crippen molar-refractivity contribution < 1.29 is 9.92 Å². The molecule has 1 fully saturated rings. The molecular weight excluding hydrogens is 228 g/mol. The van der Waals surface area contributed by atoms with Crippen LogP contribution in [-0.4, -0.2) is 22.7 Å². The second-order valence-corrected chi connectivity index (χ2v) is 5.77. The van der Waals surface area contributed by atoms with Crippen LogP contribution in [0.3, 0.4) is 0 Å². The van der Waals surface area contributed by atoms with Gasteiger partial charge in [0.15, 0.2) is 0 Å². The summed E-state index contributed by atoms with van der Waals surface area (Å²) in [6.07, 6.45) is 12.0. The Kier molecular flexibility index (Phi) is 4.72. The van der Waals surface area contributed by atoms with Gasteiger partial charge >= 0.3 is 5.54 Å². The average Bonchev–Trinajstić information content (AvgIpc) is 2.73. The highest BCUT2D eigenvalue weighted by molar-refractivity contribution is 5.88. The van der Waals surface area contributed by atoms with Gasteiger partial charge in [0.1, 0.15) is 6.54 Å². The Bertz CT molecular complexity index is 328. The van der Waals surface area contributed by atoms with Crippen molar-refractivity contribution in [3.05, 3.63) is 10.1 Å². The fourth-order valence-electron chi connectivity index (χ4n) is 3.41. The van der Waals surface area contributed by atoms with E-state index >= 15 is 0 Å². The molecule has 0 aromatic heterocycles. The Morgan fingerprint density at radius 2 is 1.56 bits per heavy atom. The second kappa shape index (κ2) is 6.30. The van der Waals surface area contributed by atoms with Crippen LogP contribution in [0.5, 0.6) is 0 Å². The van der Waals surface area contributed by atoms with Gasteiger partial charge in [0, 0.05) is 17.8 Å². The third-order valence-corrected chi connectivity index (χ3v) is 4.56. The molecule has 1 unspecified atom stereocenters. The minimum Gasteiger partial charge on any atom is -0.263 e. The van der Waals surface area contributed by atoms with Gasteiger partial charge in [-0.2, -0.15) is 0 Å². The summed E-state index contributed by atoms with van der Waals surface area (Å²) in [5.41, 5.74) is 0.284. The van der Waals surface area contributed by atoms with E-state index in [0.717, 1.165) is 44.4 Å². The quantitative estimate of drug-likeness (QED) is 0.572. The summed E-state index contributed by atoms with van der Waals surface area (Å²) in [4.78, 5) is 14.8. The summed E-state index contributed by atoms with van der Waals surface area (Å²) in [5.74, 6) is 0. The zero-order valence-electron chi connectivity index (χ0n) is 11.2. The van der Waals surface area contributed by atoms with Gasteiger partial charge in [-0.05, 0) is 12.8 Å². The van der Waals surface area contributed by atoms with E-state index in [1.54, 1.807) is 0 Å². The molecule has 1 saturated carbocycles. The van der Waals surface area contributed by atoms with Gasteiger partial charge in [-0.25, -0.2) is 4.99 Å². The van der Waals surface area contributed by atoms with Crippen molar-refractivity contribution in [3.63, 3.8) is 0 Å². The monoisotopic (exact) mass is 253 g/mol. The Hall–Kier alpha value is -0.930. The minimum atomic E-state index is -0.737. The maximum atomic E-state index is 11.5. The van der Waals surface area contributed by atoms with E-state index in [4.69, 9.17) is 0 Å². The highest BCUT2D eigenvalue weighted by Crippen LogP contribution is 2.28. The van der Waals surface area contributed by atoms with Gasteiger partial charge in [-0.3, -0.25) is 10.1 Å². The maximum Gasteiger partial charge on any atom is 0.305 e. The fourth-order valence-corrected chi connectivity index (χ4v) is 3.41. The van der Waals surface area contributed by atoms with E-state index in [1.807, 2.05) is 0 Å². The predicted molar refractivity (Wildman–Crippen MR) is 71.3 cm³/mol. The molecule has 102 valence electrons. The Labute approximate surface area is 109 Å². The molecule has 0 radical (unpaired) electrons. The Morgan fingerprint density at radius 3 is 2.22 bits per heavy atom. The Balaban J connectivity index is 2.06. The first-order valence-electron chi connectivity index (χ1n) is 7.50. The number of nitrogens with zero attached hydrogens (tertiary/aromatic N) is 1. The van der Waals surface area contributed by atoms with Crippen molar-refractivity contribution in [3.8, 4) is 0 Å². The molecule has 1 heterocycles. The number of rotatable bonds is 1. The largest absolute Gasteiger partial charge is 0.305 e. The highest BCUT2D eigenvalue weighted by Gasteiger charge is 2.54. The van der Waals surface area contributed by atoms with Crippen molar-refractivity contribution in [2.75, 3.05) is 6.54 Å². The van der Waals surface area contributed by atoms with Crippen LogP contribution in [0.25, 0.3) is 0 Å². The van der Waals surface area contributed by atoms with Crippen molar-refractivity contribution in [2.24, 2.45) is 0 Å². The molecule has 0 saturated heterocycles. The van der Waals surface area contributed by atoms with Crippen LogP contribution >= 0.6 is 0 Å². The smallest absolute Gasteiger partial charge is 0.263 e. The SMILES string of the molecule is O=[N+]([O-])C12CCCCCCCCCCC1=[NH+]CC2. The molecule has 2 rings (SSSR count). The van der Waals surface area contributed by atoms with Crippen molar-refractivity contribution in [2.45, 2.75) is 76.2 Å². The molecule has 0 spiro atoms. The fraction of sp³-hybridized carbons (Fsp3) is 0.929. The average molecular weight is 253 g/mol. The first-order valence-corrected chi connectivity index (χ1v) is 7.50. The molecule has 1 atom stereocenters. The van der Waals surface area contributed by atoms with Crippen LogP contribution in [0.1, 0.15) is 70.6 Å². The molecule has 1 N–H and O–H groups in total. The first kappa shape index (κ1) is 13.5. The van der Waals surface area contributed by atoms with Crippen molar-refractivity contribution in [1.29, 1.82) is 0 Å². The van der Waals surface area contributed by atoms with Crippen LogP contribution < -0.4 is 4.99 Å². The van der Waals surface area contributed by atoms with Crippen LogP contribution in [0, 0.1) is 10.1 Å². The molecule has 0 aromatic carbocycles. The van der Waals surface area contributed by atoms with Gasteiger partial charge < -0.3 is 0 Å². The summed E-state index contributed by atoms with van der Waals surface area (Å²) in [7, 11) is 0. The maximum absolute atomic E-state index is 11.5. The molecule has 4 heteroatoms. The predicted octanol–water partition coefficient (Wildman–Crippen LogP) is 1.84. The van der Waals surface area contributed by atoms with E-state index in [-0.39, 0.29) is 4.92 Å². The first-order chi connectivity index (χ1) is 8.76. The molecule has 0 amide bonds.